The number of rotatable bonds is 1. The van der Waals surface area contributed by atoms with Gasteiger partial charge in [-0.05, 0) is 25.1 Å². The summed E-state index contributed by atoms with van der Waals surface area (Å²) in [4.78, 5) is 20.0. The van der Waals surface area contributed by atoms with E-state index >= 15 is 0 Å². The molecule has 0 unspecified atom stereocenters. The summed E-state index contributed by atoms with van der Waals surface area (Å²) in [5.74, 6) is -0.0375. The quantitative estimate of drug-likeness (QED) is 0.668. The normalized spacial score (nSPS) is 11.1. The summed E-state index contributed by atoms with van der Waals surface area (Å²) in [6.07, 6.45) is 1.33. The van der Waals surface area contributed by atoms with E-state index < -0.39 is 0 Å². The van der Waals surface area contributed by atoms with E-state index in [0.717, 1.165) is 14.9 Å². The molecule has 0 radical (unpaired) electrons. The van der Waals surface area contributed by atoms with Gasteiger partial charge in [-0.3, -0.25) is 4.79 Å². The zero-order valence-electron chi connectivity index (χ0n) is 8.97. The molecule has 5 heteroatoms. The Kier molecular flexibility index (Phi) is 2.09. The van der Waals surface area contributed by atoms with E-state index in [1.165, 1.54) is 24.6 Å². The Morgan fingerprint density at radius 3 is 2.94 bits per heavy atom. The maximum atomic E-state index is 11.3. The molecule has 0 fully saturated rings. The highest BCUT2D eigenvalue weighted by Crippen LogP contribution is 2.36. The standard InChI is InChI=1S/C12H8N2O2S/c1-6(15)7-2-3-9-8(4-7)10-11(16)13-5-14-12(10)17-9/h2-5H,1H3,(H,13,14,16). The van der Waals surface area contributed by atoms with Crippen molar-refractivity contribution in [1.29, 1.82) is 0 Å². The monoisotopic (exact) mass is 244 g/mol. The Morgan fingerprint density at radius 1 is 1.35 bits per heavy atom. The highest BCUT2D eigenvalue weighted by molar-refractivity contribution is 7.25. The number of ketones is 1. The summed E-state index contributed by atoms with van der Waals surface area (Å²) < 4.78 is 0.987. The molecule has 2 heterocycles. The van der Waals surface area contributed by atoms with Gasteiger partial charge >= 0.3 is 0 Å². The molecule has 1 N–H and O–H groups in total. The lowest BCUT2D eigenvalue weighted by Gasteiger charge is -1.97. The maximum Gasteiger partial charge on any atom is 0.223 e. The second-order valence-electron chi connectivity index (χ2n) is 3.75. The molecule has 4 nitrogen and oxygen atoms in total. The summed E-state index contributed by atoms with van der Waals surface area (Å²) in [6, 6.07) is 5.43. The lowest BCUT2D eigenvalue weighted by Crippen LogP contribution is -1.90. The number of carbonyl (C=O) groups excluding carboxylic acids is 1. The van der Waals surface area contributed by atoms with Crippen LogP contribution >= 0.6 is 11.3 Å². The van der Waals surface area contributed by atoms with Crippen molar-refractivity contribution in [1.82, 2.24) is 9.97 Å². The fourth-order valence-corrected chi connectivity index (χ4v) is 2.83. The predicted octanol–water partition coefficient (Wildman–Crippen LogP) is 2.75. The molecule has 84 valence electrons. The number of hydrogen-bond donors (Lipinski definition) is 1. The van der Waals surface area contributed by atoms with Gasteiger partial charge in [-0.25, -0.2) is 9.97 Å². The van der Waals surface area contributed by atoms with E-state index in [4.69, 9.17) is 0 Å². The average Bonchev–Trinajstić information content (AvgIpc) is 2.67. The van der Waals surface area contributed by atoms with Crippen LogP contribution in [0.4, 0.5) is 0 Å². The van der Waals surface area contributed by atoms with Crippen molar-refractivity contribution in [2.75, 3.05) is 0 Å². The number of hydrogen-bond acceptors (Lipinski definition) is 5. The highest BCUT2D eigenvalue weighted by Gasteiger charge is 2.12. The Labute approximate surface area is 101 Å². The number of thiophene rings is 1. The first-order valence-corrected chi connectivity index (χ1v) is 5.85. The number of fused-ring (bicyclic) bond motifs is 3. The van der Waals surface area contributed by atoms with Crippen LogP contribution in [-0.4, -0.2) is 20.9 Å². The molecule has 3 aromatic rings. The van der Waals surface area contributed by atoms with Gasteiger partial charge in [0.1, 0.15) is 11.2 Å². The molecule has 0 saturated carbocycles. The molecule has 1 aromatic carbocycles. The smallest absolute Gasteiger partial charge is 0.223 e. The molecule has 0 saturated heterocycles. The maximum absolute atomic E-state index is 11.3. The first-order chi connectivity index (χ1) is 8.16. The van der Waals surface area contributed by atoms with E-state index in [1.54, 1.807) is 12.1 Å². The van der Waals surface area contributed by atoms with Crippen molar-refractivity contribution in [2.45, 2.75) is 6.92 Å². The molecule has 3 rings (SSSR count). The number of Topliss-reactive ketones (excluding diaryl/α,β-unsaturated/α-hetero) is 1. The SMILES string of the molecule is CC(=O)c1ccc2sc3ncnc(O)c3c2c1. The van der Waals surface area contributed by atoms with Gasteiger partial charge in [0.15, 0.2) is 5.78 Å². The van der Waals surface area contributed by atoms with Crippen LogP contribution in [0.2, 0.25) is 0 Å². The van der Waals surface area contributed by atoms with E-state index in [2.05, 4.69) is 9.97 Å². The van der Waals surface area contributed by atoms with Gasteiger partial charge in [-0.15, -0.1) is 11.3 Å². The van der Waals surface area contributed by atoms with E-state index in [1.807, 2.05) is 6.07 Å². The number of nitrogens with zero attached hydrogens (tertiary/aromatic N) is 2. The van der Waals surface area contributed by atoms with Crippen LogP contribution in [0.3, 0.4) is 0 Å². The lowest BCUT2D eigenvalue weighted by molar-refractivity contribution is 0.101. The third kappa shape index (κ3) is 1.47. The van der Waals surface area contributed by atoms with Gasteiger partial charge in [0.25, 0.3) is 0 Å². The molecule has 0 aliphatic carbocycles. The van der Waals surface area contributed by atoms with Crippen LogP contribution < -0.4 is 0 Å². The Balaban J connectivity index is 2.48. The zero-order chi connectivity index (χ0) is 12.0. The number of carbonyl (C=O) groups is 1. The van der Waals surface area contributed by atoms with Gasteiger partial charge in [0.05, 0.1) is 5.39 Å². The van der Waals surface area contributed by atoms with Crippen molar-refractivity contribution < 1.29 is 9.90 Å². The topological polar surface area (TPSA) is 63.1 Å². The molecule has 0 aliphatic rings. The fourth-order valence-electron chi connectivity index (χ4n) is 1.81. The molecular weight excluding hydrogens is 236 g/mol. The Bertz CT molecular complexity index is 749. The molecule has 0 atom stereocenters. The fraction of sp³-hybridized carbons (Fsp3) is 0.0833. The zero-order valence-corrected chi connectivity index (χ0v) is 9.78. The number of aromatic hydroxyl groups is 1. The third-order valence-corrected chi connectivity index (χ3v) is 3.73. The summed E-state index contributed by atoms with van der Waals surface area (Å²) in [5.41, 5.74) is 0.625. The van der Waals surface area contributed by atoms with Crippen LogP contribution in [0.15, 0.2) is 24.5 Å². The molecule has 0 amide bonds. The first kappa shape index (κ1) is 10.2. The van der Waals surface area contributed by atoms with Crippen molar-refractivity contribution >= 4 is 37.4 Å². The Hall–Kier alpha value is -2.01. The minimum Gasteiger partial charge on any atom is -0.493 e. The summed E-state index contributed by atoms with van der Waals surface area (Å²) in [6.45, 7) is 1.52. The highest BCUT2D eigenvalue weighted by atomic mass is 32.1. The van der Waals surface area contributed by atoms with Crippen LogP contribution in [0.5, 0.6) is 5.88 Å². The molecule has 2 aromatic heterocycles. The molecule has 17 heavy (non-hydrogen) atoms. The number of benzene rings is 1. The minimum atomic E-state index is -0.0399. The van der Waals surface area contributed by atoms with Crippen molar-refractivity contribution in [3.8, 4) is 5.88 Å². The minimum absolute atomic E-state index is 0.00240. The van der Waals surface area contributed by atoms with E-state index in [-0.39, 0.29) is 11.7 Å². The van der Waals surface area contributed by atoms with Gasteiger partial charge in [0.2, 0.25) is 5.88 Å². The number of aromatic nitrogens is 2. The van der Waals surface area contributed by atoms with Gasteiger partial charge < -0.3 is 5.11 Å². The summed E-state index contributed by atoms with van der Waals surface area (Å²) in [5, 5.41) is 11.2. The third-order valence-electron chi connectivity index (χ3n) is 2.65. The Morgan fingerprint density at radius 2 is 2.18 bits per heavy atom. The van der Waals surface area contributed by atoms with Gasteiger partial charge in [-0.1, -0.05) is 0 Å². The predicted molar refractivity (Wildman–Crippen MR) is 66.6 cm³/mol. The summed E-state index contributed by atoms with van der Waals surface area (Å²) in [7, 11) is 0. The second kappa shape index (κ2) is 3.49. The molecular formula is C12H8N2O2S. The van der Waals surface area contributed by atoms with Gasteiger partial charge in [-0.2, -0.15) is 0 Å². The van der Waals surface area contributed by atoms with Crippen LogP contribution in [0, 0.1) is 0 Å². The molecule has 0 bridgehead atoms. The van der Waals surface area contributed by atoms with Crippen LogP contribution in [-0.2, 0) is 0 Å². The van der Waals surface area contributed by atoms with Crippen molar-refractivity contribution in [3.63, 3.8) is 0 Å². The second-order valence-corrected chi connectivity index (χ2v) is 4.78. The largest absolute Gasteiger partial charge is 0.493 e. The molecule has 0 spiro atoms. The van der Waals surface area contributed by atoms with Gasteiger partial charge in [0, 0.05) is 15.6 Å². The van der Waals surface area contributed by atoms with Crippen molar-refractivity contribution in [2.24, 2.45) is 0 Å². The van der Waals surface area contributed by atoms with E-state index in [9.17, 15) is 9.90 Å². The van der Waals surface area contributed by atoms with Crippen LogP contribution in [0.25, 0.3) is 20.3 Å². The van der Waals surface area contributed by atoms with E-state index in [0.29, 0.717) is 10.9 Å². The lowest BCUT2D eigenvalue weighted by atomic mass is 10.1. The van der Waals surface area contributed by atoms with Crippen molar-refractivity contribution in [3.05, 3.63) is 30.1 Å². The van der Waals surface area contributed by atoms with Crippen LogP contribution in [0.1, 0.15) is 17.3 Å². The average molecular weight is 244 g/mol. The molecule has 0 aliphatic heterocycles. The first-order valence-electron chi connectivity index (χ1n) is 5.04. The summed E-state index contributed by atoms with van der Waals surface area (Å²) >= 11 is 1.47.